The Morgan fingerprint density at radius 1 is 1.50 bits per heavy atom. The number of carbonyl (C=O) groups excluding carboxylic acids is 2. The van der Waals surface area contributed by atoms with Gasteiger partial charge in [0.25, 0.3) is 5.91 Å². The summed E-state index contributed by atoms with van der Waals surface area (Å²) in [5, 5.41) is 0. The Bertz CT molecular complexity index is 146. The van der Waals surface area contributed by atoms with Gasteiger partial charge in [-0.15, -0.1) is 0 Å². The van der Waals surface area contributed by atoms with Crippen LogP contribution in [0.25, 0.3) is 0 Å². The third kappa shape index (κ3) is 3.00. The second-order valence-corrected chi connectivity index (χ2v) is 1.79. The Labute approximate surface area is 57.7 Å². The van der Waals surface area contributed by atoms with Crippen molar-refractivity contribution < 1.29 is 9.59 Å². The summed E-state index contributed by atoms with van der Waals surface area (Å²) in [7, 11) is 0. The fraction of sp³-hybridized carbons (Fsp3) is 0.500. The van der Waals surface area contributed by atoms with Crippen LogP contribution in [0.3, 0.4) is 0 Å². The maximum atomic E-state index is 10.5. The highest BCUT2D eigenvalue weighted by Gasteiger charge is 2.13. The number of carbonyl (C=O) groups is 2. The van der Waals surface area contributed by atoms with E-state index in [-0.39, 0.29) is 6.42 Å². The molecule has 10 heavy (non-hydrogen) atoms. The molecule has 0 radical (unpaired) electrons. The summed E-state index contributed by atoms with van der Waals surface area (Å²) in [5.41, 5.74) is 11.7. The second kappa shape index (κ2) is 3.80. The molecule has 0 unspecified atom stereocenters. The van der Waals surface area contributed by atoms with Crippen LogP contribution in [0.15, 0.2) is 0 Å². The first-order valence-electron chi connectivity index (χ1n) is 2.62. The molecule has 0 aliphatic rings. The lowest BCUT2D eigenvalue weighted by molar-refractivity contribution is -0.126. The van der Waals surface area contributed by atoms with E-state index in [0.29, 0.717) is 0 Å². The molecule has 0 aliphatic heterocycles. The predicted octanol–water partition coefficient (Wildman–Crippen LogP) is -2.82. The van der Waals surface area contributed by atoms with E-state index in [1.807, 2.05) is 0 Å². The van der Waals surface area contributed by atoms with Crippen LogP contribution < -0.4 is 22.7 Å². The molecule has 7 N–H and O–H groups in total. The summed E-state index contributed by atoms with van der Waals surface area (Å²) in [6.07, 6.45) is -0.191. The minimum atomic E-state index is -0.942. The molecule has 2 amide bonds. The molecule has 1 atom stereocenters. The molecule has 6 nitrogen and oxygen atoms in total. The van der Waals surface area contributed by atoms with E-state index in [1.165, 1.54) is 0 Å². The summed E-state index contributed by atoms with van der Waals surface area (Å²) >= 11 is 0. The Kier molecular flexibility index (Phi) is 3.37. The molecule has 6 heteroatoms. The quantitative estimate of drug-likeness (QED) is 0.195. The minimum absolute atomic E-state index is 0.191. The Hall–Kier alpha value is -1.14. The van der Waals surface area contributed by atoms with Gasteiger partial charge in [0.05, 0.1) is 12.5 Å². The van der Waals surface area contributed by atoms with Gasteiger partial charge in [-0.2, -0.15) is 0 Å². The molecule has 0 aliphatic carbocycles. The van der Waals surface area contributed by atoms with Crippen molar-refractivity contribution in [3.8, 4) is 0 Å². The normalized spacial score (nSPS) is 12.2. The number of hydrazine groups is 1. The van der Waals surface area contributed by atoms with Crippen molar-refractivity contribution in [2.45, 2.75) is 12.5 Å². The Morgan fingerprint density at radius 3 is 2.30 bits per heavy atom. The molecular formula is C4H10N4O2. The molecule has 0 heterocycles. The summed E-state index contributed by atoms with van der Waals surface area (Å²) in [6, 6.07) is -0.942. The standard InChI is InChI=1S/C4H10N4O2/c5-2(1-3(6)9)4(10)8-7/h2H,1,5,7H2,(H2,6,9)(H,8,10)/t2-/m0/s1. The van der Waals surface area contributed by atoms with Gasteiger partial charge in [0.15, 0.2) is 0 Å². The van der Waals surface area contributed by atoms with Crippen LogP contribution >= 0.6 is 0 Å². The van der Waals surface area contributed by atoms with Crippen molar-refractivity contribution in [1.29, 1.82) is 0 Å². The zero-order valence-electron chi connectivity index (χ0n) is 5.33. The molecule has 0 saturated heterocycles. The van der Waals surface area contributed by atoms with E-state index in [0.717, 1.165) is 0 Å². The van der Waals surface area contributed by atoms with Gasteiger partial charge in [0.2, 0.25) is 5.91 Å². The zero-order chi connectivity index (χ0) is 8.15. The molecule has 58 valence electrons. The maximum Gasteiger partial charge on any atom is 0.251 e. The van der Waals surface area contributed by atoms with Crippen molar-refractivity contribution in [3.05, 3.63) is 0 Å². The highest BCUT2D eigenvalue weighted by atomic mass is 16.2. The lowest BCUT2D eigenvalue weighted by atomic mass is 10.2. The first-order chi connectivity index (χ1) is 4.57. The van der Waals surface area contributed by atoms with Crippen LogP contribution in [-0.2, 0) is 9.59 Å². The third-order valence-corrected chi connectivity index (χ3v) is 0.900. The number of nitrogens with two attached hydrogens (primary N) is 3. The molecular weight excluding hydrogens is 136 g/mol. The van der Waals surface area contributed by atoms with Crippen molar-refractivity contribution >= 4 is 11.8 Å². The topological polar surface area (TPSA) is 124 Å². The summed E-state index contributed by atoms with van der Waals surface area (Å²) in [4.78, 5) is 20.6. The molecule has 0 rings (SSSR count). The number of nitrogens with one attached hydrogen (secondary N) is 1. The maximum absolute atomic E-state index is 10.5. The number of hydrogen-bond donors (Lipinski definition) is 4. The monoisotopic (exact) mass is 146 g/mol. The summed E-state index contributed by atoms with van der Waals surface area (Å²) < 4.78 is 0. The average molecular weight is 146 g/mol. The Balaban J connectivity index is 3.72. The third-order valence-electron chi connectivity index (χ3n) is 0.900. The molecule has 0 saturated carbocycles. The number of hydrogen-bond acceptors (Lipinski definition) is 4. The van der Waals surface area contributed by atoms with Crippen molar-refractivity contribution in [1.82, 2.24) is 5.43 Å². The first-order valence-corrected chi connectivity index (χ1v) is 2.62. The number of primary amides is 1. The van der Waals surface area contributed by atoms with Gasteiger partial charge in [-0.3, -0.25) is 15.0 Å². The van der Waals surface area contributed by atoms with E-state index in [2.05, 4.69) is 0 Å². The fourth-order valence-corrected chi connectivity index (χ4v) is 0.416. The van der Waals surface area contributed by atoms with Crippen molar-refractivity contribution in [2.24, 2.45) is 17.3 Å². The van der Waals surface area contributed by atoms with Crippen LogP contribution in [0.5, 0.6) is 0 Å². The second-order valence-electron chi connectivity index (χ2n) is 1.79. The van der Waals surface area contributed by atoms with Crippen LogP contribution in [0, 0.1) is 0 Å². The van der Waals surface area contributed by atoms with Gasteiger partial charge in [0, 0.05) is 0 Å². The lowest BCUT2D eigenvalue weighted by Crippen LogP contribution is -2.45. The van der Waals surface area contributed by atoms with Gasteiger partial charge >= 0.3 is 0 Å². The molecule has 0 aromatic carbocycles. The summed E-state index contributed by atoms with van der Waals surface area (Å²) in [5.74, 6) is 3.49. The average Bonchev–Trinajstić information content (AvgIpc) is 1.85. The molecule has 0 bridgehead atoms. The minimum Gasteiger partial charge on any atom is -0.370 e. The predicted molar refractivity (Wildman–Crippen MR) is 34.1 cm³/mol. The zero-order valence-corrected chi connectivity index (χ0v) is 5.33. The van der Waals surface area contributed by atoms with Crippen molar-refractivity contribution in [2.75, 3.05) is 0 Å². The van der Waals surface area contributed by atoms with Gasteiger partial charge < -0.3 is 11.5 Å². The number of amides is 2. The Morgan fingerprint density at radius 2 is 2.00 bits per heavy atom. The van der Waals surface area contributed by atoms with Crippen LogP contribution in [0.2, 0.25) is 0 Å². The highest BCUT2D eigenvalue weighted by Crippen LogP contribution is 1.84. The van der Waals surface area contributed by atoms with E-state index in [4.69, 9.17) is 17.3 Å². The highest BCUT2D eigenvalue weighted by molar-refractivity contribution is 5.87. The van der Waals surface area contributed by atoms with Crippen LogP contribution in [0.1, 0.15) is 6.42 Å². The van der Waals surface area contributed by atoms with Crippen molar-refractivity contribution in [3.63, 3.8) is 0 Å². The molecule has 0 fully saturated rings. The van der Waals surface area contributed by atoms with Gasteiger partial charge in [-0.25, -0.2) is 5.84 Å². The number of rotatable bonds is 3. The van der Waals surface area contributed by atoms with Crippen LogP contribution in [0.4, 0.5) is 0 Å². The largest absolute Gasteiger partial charge is 0.370 e. The van der Waals surface area contributed by atoms with Gasteiger partial charge in [-0.1, -0.05) is 0 Å². The van der Waals surface area contributed by atoms with Gasteiger partial charge in [0.1, 0.15) is 0 Å². The SMILES string of the molecule is NNC(=O)[C@@H](N)CC(N)=O. The fourth-order valence-electron chi connectivity index (χ4n) is 0.416. The molecule has 0 spiro atoms. The summed E-state index contributed by atoms with van der Waals surface area (Å²) in [6.45, 7) is 0. The van der Waals surface area contributed by atoms with Crippen LogP contribution in [-0.4, -0.2) is 17.9 Å². The first kappa shape index (κ1) is 8.86. The van der Waals surface area contributed by atoms with E-state index >= 15 is 0 Å². The molecule has 0 aromatic heterocycles. The molecule has 0 aromatic rings. The van der Waals surface area contributed by atoms with Gasteiger partial charge in [-0.05, 0) is 0 Å². The van der Waals surface area contributed by atoms with E-state index < -0.39 is 17.9 Å². The van der Waals surface area contributed by atoms with E-state index in [9.17, 15) is 9.59 Å². The smallest absolute Gasteiger partial charge is 0.251 e. The van der Waals surface area contributed by atoms with E-state index in [1.54, 1.807) is 5.43 Å². The lowest BCUT2D eigenvalue weighted by Gasteiger charge is -2.05.